The Hall–Kier alpha value is -1.91. The molecule has 0 bridgehead atoms. The Balaban J connectivity index is 2.49. The molecule has 5 heteroatoms. The molecule has 1 aromatic rings. The first-order valence-electron chi connectivity index (χ1n) is 5.16. The number of hydrogen-bond acceptors (Lipinski definition) is 3. The highest BCUT2D eigenvalue weighted by Gasteiger charge is 2.05. The third-order valence-corrected chi connectivity index (χ3v) is 1.90. The molecule has 0 aliphatic carbocycles. The van der Waals surface area contributed by atoms with E-state index in [4.69, 9.17) is 0 Å². The van der Waals surface area contributed by atoms with E-state index >= 15 is 0 Å². The summed E-state index contributed by atoms with van der Waals surface area (Å²) >= 11 is 0. The first-order valence-corrected chi connectivity index (χ1v) is 5.16. The van der Waals surface area contributed by atoms with Crippen LogP contribution in [-0.4, -0.2) is 19.1 Å². The number of halogens is 2. The minimum atomic E-state index is -0.672. The average molecular weight is 241 g/mol. The second kappa shape index (κ2) is 6.62. The second-order valence-electron chi connectivity index (χ2n) is 3.13. The van der Waals surface area contributed by atoms with Crippen LogP contribution < -0.4 is 5.32 Å². The molecule has 92 valence electrons. The Morgan fingerprint density at radius 3 is 2.65 bits per heavy atom. The number of carbonyl (C=O) groups excluding carboxylic acids is 1. The first kappa shape index (κ1) is 13.2. The van der Waals surface area contributed by atoms with Crippen LogP contribution in [0.4, 0.5) is 14.5 Å². The fourth-order valence-corrected chi connectivity index (χ4v) is 1.17. The third-order valence-electron chi connectivity index (χ3n) is 1.90. The molecule has 0 spiro atoms. The van der Waals surface area contributed by atoms with E-state index in [0.29, 0.717) is 6.61 Å². The summed E-state index contributed by atoms with van der Waals surface area (Å²) in [7, 11) is 0. The predicted octanol–water partition coefficient (Wildman–Crippen LogP) is 2.50. The fourth-order valence-electron chi connectivity index (χ4n) is 1.17. The molecule has 1 rings (SSSR count). The third kappa shape index (κ3) is 4.22. The quantitative estimate of drug-likeness (QED) is 0.635. The summed E-state index contributed by atoms with van der Waals surface area (Å²) in [6, 6.07) is 3.59. The smallest absolute Gasteiger partial charge is 0.330 e. The molecule has 0 heterocycles. The Morgan fingerprint density at radius 2 is 2.06 bits per heavy atom. The molecule has 17 heavy (non-hydrogen) atoms. The minimum Gasteiger partial charge on any atom is -0.463 e. The summed E-state index contributed by atoms with van der Waals surface area (Å²) in [5.74, 6) is -1.83. The molecular formula is C12H13F2NO2. The summed E-state index contributed by atoms with van der Waals surface area (Å²) in [4.78, 5) is 10.9. The highest BCUT2D eigenvalue weighted by Crippen LogP contribution is 2.17. The van der Waals surface area contributed by atoms with Gasteiger partial charge in [-0.15, -0.1) is 0 Å². The van der Waals surface area contributed by atoms with Crippen LogP contribution in [0.5, 0.6) is 0 Å². The van der Waals surface area contributed by atoms with Crippen LogP contribution in [0.25, 0.3) is 0 Å². The molecule has 1 aromatic carbocycles. The Labute approximate surface area is 98.1 Å². The predicted molar refractivity (Wildman–Crippen MR) is 60.6 cm³/mol. The van der Waals surface area contributed by atoms with Gasteiger partial charge in [0.25, 0.3) is 0 Å². The van der Waals surface area contributed by atoms with Gasteiger partial charge in [0, 0.05) is 12.6 Å². The zero-order valence-electron chi connectivity index (χ0n) is 9.37. The number of rotatable bonds is 5. The number of hydrogen-bond donors (Lipinski definition) is 1. The molecule has 0 radical (unpaired) electrons. The number of anilines is 1. The van der Waals surface area contributed by atoms with Gasteiger partial charge < -0.3 is 10.1 Å². The van der Waals surface area contributed by atoms with E-state index in [1.165, 1.54) is 18.2 Å². The monoisotopic (exact) mass is 241 g/mol. The van der Waals surface area contributed by atoms with Crippen LogP contribution in [0.15, 0.2) is 30.4 Å². The van der Waals surface area contributed by atoms with Crippen LogP contribution >= 0.6 is 0 Å². The standard InChI is InChI=1S/C12H13F2NO2/c1-2-17-11(16)7-4-8-15-12-9(13)5-3-6-10(12)14/h3-7,15H,2,8H2,1H3/b7-4+. The highest BCUT2D eigenvalue weighted by molar-refractivity contribution is 5.81. The van der Waals surface area contributed by atoms with Crippen molar-refractivity contribution in [2.75, 3.05) is 18.5 Å². The van der Waals surface area contributed by atoms with Crippen molar-refractivity contribution in [3.8, 4) is 0 Å². The van der Waals surface area contributed by atoms with Gasteiger partial charge in [-0.05, 0) is 19.1 Å². The Kier molecular flexibility index (Phi) is 5.13. The largest absolute Gasteiger partial charge is 0.463 e. The van der Waals surface area contributed by atoms with Crippen molar-refractivity contribution in [1.82, 2.24) is 0 Å². The van der Waals surface area contributed by atoms with E-state index < -0.39 is 17.6 Å². The van der Waals surface area contributed by atoms with Gasteiger partial charge >= 0.3 is 5.97 Å². The summed E-state index contributed by atoms with van der Waals surface area (Å²) in [6.07, 6.45) is 2.64. The number of nitrogens with one attached hydrogen (secondary N) is 1. The molecule has 0 saturated carbocycles. The molecule has 0 aromatic heterocycles. The van der Waals surface area contributed by atoms with Crippen molar-refractivity contribution in [2.45, 2.75) is 6.92 Å². The average Bonchev–Trinajstić information content (AvgIpc) is 2.28. The molecule has 0 saturated heterocycles. The topological polar surface area (TPSA) is 38.3 Å². The normalized spacial score (nSPS) is 10.5. The van der Waals surface area contributed by atoms with Crippen molar-refractivity contribution in [2.24, 2.45) is 0 Å². The maximum atomic E-state index is 13.1. The molecule has 0 amide bonds. The summed E-state index contributed by atoms with van der Waals surface area (Å²) < 4.78 is 30.9. The highest BCUT2D eigenvalue weighted by atomic mass is 19.1. The van der Waals surface area contributed by atoms with Crippen molar-refractivity contribution in [3.05, 3.63) is 42.0 Å². The van der Waals surface area contributed by atoms with Gasteiger partial charge in [0.2, 0.25) is 0 Å². The Morgan fingerprint density at radius 1 is 1.41 bits per heavy atom. The number of ether oxygens (including phenoxy) is 1. The fraction of sp³-hybridized carbons (Fsp3) is 0.250. The van der Waals surface area contributed by atoms with Gasteiger partial charge in [0.15, 0.2) is 0 Å². The van der Waals surface area contributed by atoms with Gasteiger partial charge in [-0.3, -0.25) is 0 Å². The van der Waals surface area contributed by atoms with Crippen LogP contribution in [0.1, 0.15) is 6.92 Å². The molecular weight excluding hydrogens is 228 g/mol. The van der Waals surface area contributed by atoms with Crippen molar-refractivity contribution in [1.29, 1.82) is 0 Å². The van der Waals surface area contributed by atoms with Gasteiger partial charge in [0.05, 0.1) is 6.61 Å². The van der Waals surface area contributed by atoms with Crippen molar-refractivity contribution < 1.29 is 18.3 Å². The lowest BCUT2D eigenvalue weighted by atomic mass is 10.3. The van der Waals surface area contributed by atoms with E-state index in [1.807, 2.05) is 0 Å². The van der Waals surface area contributed by atoms with Crippen molar-refractivity contribution in [3.63, 3.8) is 0 Å². The zero-order valence-corrected chi connectivity index (χ0v) is 9.37. The summed E-state index contributed by atoms with van der Waals surface area (Å²) in [5.41, 5.74) is -0.207. The second-order valence-corrected chi connectivity index (χ2v) is 3.13. The van der Waals surface area contributed by atoms with E-state index in [0.717, 1.165) is 12.1 Å². The number of para-hydroxylation sites is 1. The molecule has 0 atom stereocenters. The zero-order chi connectivity index (χ0) is 12.7. The minimum absolute atomic E-state index is 0.136. The summed E-state index contributed by atoms with van der Waals surface area (Å²) in [5, 5.41) is 2.53. The van der Waals surface area contributed by atoms with E-state index in [9.17, 15) is 13.6 Å². The van der Waals surface area contributed by atoms with Gasteiger partial charge in [-0.2, -0.15) is 0 Å². The molecule has 0 aliphatic rings. The number of esters is 1. The maximum Gasteiger partial charge on any atom is 0.330 e. The maximum absolute atomic E-state index is 13.1. The molecule has 0 fully saturated rings. The number of carbonyl (C=O) groups is 1. The lowest BCUT2D eigenvalue weighted by molar-refractivity contribution is -0.137. The lowest BCUT2D eigenvalue weighted by Gasteiger charge is -2.05. The van der Waals surface area contributed by atoms with E-state index in [-0.39, 0.29) is 12.2 Å². The Bertz CT molecular complexity index is 399. The van der Waals surface area contributed by atoms with E-state index in [1.54, 1.807) is 6.92 Å². The van der Waals surface area contributed by atoms with Gasteiger partial charge in [-0.25, -0.2) is 13.6 Å². The summed E-state index contributed by atoms with van der Waals surface area (Å²) in [6.45, 7) is 2.12. The SMILES string of the molecule is CCOC(=O)/C=C/CNc1c(F)cccc1F. The van der Waals surface area contributed by atoms with Gasteiger partial charge in [0.1, 0.15) is 17.3 Å². The molecule has 0 unspecified atom stereocenters. The van der Waals surface area contributed by atoms with Gasteiger partial charge in [-0.1, -0.05) is 12.1 Å². The molecule has 0 aliphatic heterocycles. The van der Waals surface area contributed by atoms with Crippen molar-refractivity contribution >= 4 is 11.7 Å². The van der Waals surface area contributed by atoms with Crippen LogP contribution in [0.2, 0.25) is 0 Å². The van der Waals surface area contributed by atoms with E-state index in [2.05, 4.69) is 10.1 Å². The molecule has 3 nitrogen and oxygen atoms in total. The van der Waals surface area contributed by atoms with Crippen LogP contribution in [0.3, 0.4) is 0 Å². The van der Waals surface area contributed by atoms with Crippen LogP contribution in [0, 0.1) is 11.6 Å². The van der Waals surface area contributed by atoms with Crippen LogP contribution in [-0.2, 0) is 9.53 Å². The lowest BCUT2D eigenvalue weighted by Crippen LogP contribution is -2.05. The number of benzene rings is 1. The molecule has 1 N–H and O–H groups in total. The first-order chi connectivity index (χ1) is 8.15.